The van der Waals surface area contributed by atoms with E-state index in [4.69, 9.17) is 16.3 Å². The van der Waals surface area contributed by atoms with Crippen LogP contribution < -0.4 is 15.4 Å². The Morgan fingerprint density at radius 2 is 1.77 bits per heavy atom. The Morgan fingerprint density at radius 3 is 2.46 bits per heavy atom. The SMILES string of the molecule is COc1ccc(Cl)cc1CC(=O)NCCCNC(=O)c1ccc(Br)cc1. The molecule has 0 heterocycles. The minimum atomic E-state index is -0.132. The van der Waals surface area contributed by atoms with Crippen molar-refractivity contribution in [3.8, 4) is 5.75 Å². The fourth-order valence-electron chi connectivity index (χ4n) is 2.34. The second kappa shape index (κ2) is 10.2. The van der Waals surface area contributed by atoms with E-state index in [0.717, 1.165) is 10.0 Å². The number of hydrogen-bond donors (Lipinski definition) is 2. The zero-order valence-corrected chi connectivity index (χ0v) is 16.7. The van der Waals surface area contributed by atoms with Gasteiger partial charge in [0.05, 0.1) is 13.5 Å². The molecule has 0 saturated heterocycles. The predicted molar refractivity (Wildman–Crippen MR) is 106 cm³/mol. The van der Waals surface area contributed by atoms with Crippen molar-refractivity contribution in [3.63, 3.8) is 0 Å². The molecule has 0 aliphatic carbocycles. The normalized spacial score (nSPS) is 10.3. The van der Waals surface area contributed by atoms with Gasteiger partial charge in [0.15, 0.2) is 0 Å². The van der Waals surface area contributed by atoms with Crippen molar-refractivity contribution in [1.29, 1.82) is 0 Å². The Hall–Kier alpha value is -2.05. The molecule has 138 valence electrons. The highest BCUT2D eigenvalue weighted by Crippen LogP contribution is 2.22. The average Bonchev–Trinajstić information content (AvgIpc) is 2.62. The Bertz CT molecular complexity index is 766. The summed E-state index contributed by atoms with van der Waals surface area (Å²) in [5, 5.41) is 6.21. The number of amides is 2. The molecule has 0 saturated carbocycles. The van der Waals surface area contributed by atoms with Crippen LogP contribution in [0.15, 0.2) is 46.9 Å². The van der Waals surface area contributed by atoms with E-state index in [9.17, 15) is 9.59 Å². The summed E-state index contributed by atoms with van der Waals surface area (Å²) >= 11 is 9.29. The summed E-state index contributed by atoms with van der Waals surface area (Å²) in [5.41, 5.74) is 1.34. The number of carbonyl (C=O) groups excluding carboxylic acids is 2. The second-order valence-corrected chi connectivity index (χ2v) is 6.95. The molecular weight excluding hydrogens is 420 g/mol. The van der Waals surface area contributed by atoms with Gasteiger partial charge in [0.25, 0.3) is 5.91 Å². The molecule has 2 amide bonds. The van der Waals surface area contributed by atoms with Crippen molar-refractivity contribution in [2.24, 2.45) is 0 Å². The lowest BCUT2D eigenvalue weighted by molar-refractivity contribution is -0.120. The van der Waals surface area contributed by atoms with Gasteiger partial charge in [-0.05, 0) is 48.9 Å². The van der Waals surface area contributed by atoms with Gasteiger partial charge in [0, 0.05) is 33.7 Å². The topological polar surface area (TPSA) is 67.4 Å². The maximum Gasteiger partial charge on any atom is 0.251 e. The highest BCUT2D eigenvalue weighted by molar-refractivity contribution is 9.10. The van der Waals surface area contributed by atoms with Crippen LogP contribution in [-0.2, 0) is 11.2 Å². The van der Waals surface area contributed by atoms with Gasteiger partial charge >= 0.3 is 0 Å². The molecule has 0 aromatic heterocycles. The summed E-state index contributed by atoms with van der Waals surface area (Å²) in [6, 6.07) is 12.3. The number of methoxy groups -OCH3 is 1. The molecule has 2 rings (SSSR count). The predicted octanol–water partition coefficient (Wildman–Crippen LogP) is 3.59. The molecule has 5 nitrogen and oxygen atoms in total. The third-order valence-corrected chi connectivity index (χ3v) is 4.42. The fourth-order valence-corrected chi connectivity index (χ4v) is 2.80. The first-order valence-electron chi connectivity index (χ1n) is 8.12. The monoisotopic (exact) mass is 438 g/mol. The van der Waals surface area contributed by atoms with E-state index >= 15 is 0 Å². The van der Waals surface area contributed by atoms with Crippen LogP contribution >= 0.6 is 27.5 Å². The smallest absolute Gasteiger partial charge is 0.251 e. The summed E-state index contributed by atoms with van der Waals surface area (Å²) < 4.78 is 6.16. The molecule has 26 heavy (non-hydrogen) atoms. The van der Waals surface area contributed by atoms with Crippen molar-refractivity contribution in [2.45, 2.75) is 12.8 Å². The van der Waals surface area contributed by atoms with E-state index in [1.165, 1.54) is 0 Å². The minimum absolute atomic E-state index is 0.121. The van der Waals surface area contributed by atoms with Gasteiger partial charge in [-0.25, -0.2) is 0 Å². The molecule has 0 aliphatic heterocycles. The molecule has 2 aromatic carbocycles. The molecular formula is C19H20BrClN2O3. The Balaban J connectivity index is 1.69. The highest BCUT2D eigenvalue weighted by atomic mass is 79.9. The number of carbonyl (C=O) groups is 2. The van der Waals surface area contributed by atoms with Crippen LogP contribution in [0.2, 0.25) is 5.02 Å². The first kappa shape index (κ1) is 20.3. The standard InChI is InChI=1S/C19H20BrClN2O3/c1-26-17-8-7-16(21)11-14(17)12-18(24)22-9-2-10-23-19(25)13-3-5-15(20)6-4-13/h3-8,11H,2,9-10,12H2,1H3,(H,22,24)(H,23,25). The van der Waals surface area contributed by atoms with Crippen molar-refractivity contribution < 1.29 is 14.3 Å². The van der Waals surface area contributed by atoms with Crippen LogP contribution in [0.4, 0.5) is 0 Å². The first-order chi connectivity index (χ1) is 12.5. The van der Waals surface area contributed by atoms with Gasteiger partial charge < -0.3 is 15.4 Å². The molecule has 0 radical (unpaired) electrons. The molecule has 0 aliphatic rings. The van der Waals surface area contributed by atoms with Crippen molar-refractivity contribution >= 4 is 39.3 Å². The molecule has 0 bridgehead atoms. The van der Waals surface area contributed by atoms with Crippen LogP contribution in [-0.4, -0.2) is 32.0 Å². The molecule has 0 atom stereocenters. The molecule has 2 aromatic rings. The van der Waals surface area contributed by atoms with Gasteiger partial charge in [-0.1, -0.05) is 27.5 Å². The number of halogens is 2. The Kier molecular flexibility index (Phi) is 7.94. The fraction of sp³-hybridized carbons (Fsp3) is 0.263. The van der Waals surface area contributed by atoms with Crippen LogP contribution in [0.3, 0.4) is 0 Å². The van der Waals surface area contributed by atoms with Gasteiger partial charge in [-0.2, -0.15) is 0 Å². The van der Waals surface area contributed by atoms with Crippen LogP contribution in [0.5, 0.6) is 5.75 Å². The zero-order chi connectivity index (χ0) is 18.9. The number of ether oxygens (including phenoxy) is 1. The van der Waals surface area contributed by atoms with Gasteiger partial charge in [-0.3, -0.25) is 9.59 Å². The van der Waals surface area contributed by atoms with Gasteiger partial charge in [-0.15, -0.1) is 0 Å². The molecule has 0 fully saturated rings. The van der Waals surface area contributed by atoms with E-state index in [0.29, 0.717) is 35.8 Å². The minimum Gasteiger partial charge on any atom is -0.496 e. The number of nitrogens with one attached hydrogen (secondary N) is 2. The number of rotatable bonds is 8. The quantitative estimate of drug-likeness (QED) is 0.618. The lowest BCUT2D eigenvalue weighted by Crippen LogP contribution is -2.30. The maximum absolute atomic E-state index is 12.0. The third-order valence-electron chi connectivity index (χ3n) is 3.66. The van der Waals surface area contributed by atoms with E-state index < -0.39 is 0 Å². The van der Waals surface area contributed by atoms with Crippen LogP contribution in [0.1, 0.15) is 22.3 Å². The maximum atomic E-state index is 12.0. The van der Waals surface area contributed by atoms with E-state index in [2.05, 4.69) is 26.6 Å². The molecule has 0 unspecified atom stereocenters. The van der Waals surface area contributed by atoms with E-state index in [-0.39, 0.29) is 18.2 Å². The van der Waals surface area contributed by atoms with Gasteiger partial charge in [0.2, 0.25) is 5.91 Å². The summed E-state index contributed by atoms with van der Waals surface area (Å²) in [7, 11) is 1.55. The summed E-state index contributed by atoms with van der Waals surface area (Å²) in [6.07, 6.45) is 0.829. The average molecular weight is 440 g/mol. The first-order valence-corrected chi connectivity index (χ1v) is 9.29. The molecule has 2 N–H and O–H groups in total. The Labute approximate surface area is 166 Å². The number of benzene rings is 2. The summed E-state index contributed by atoms with van der Waals surface area (Å²) in [6.45, 7) is 0.956. The highest BCUT2D eigenvalue weighted by Gasteiger charge is 2.09. The lowest BCUT2D eigenvalue weighted by atomic mass is 10.1. The molecule has 0 spiro atoms. The van der Waals surface area contributed by atoms with Gasteiger partial charge in [0.1, 0.15) is 5.75 Å². The van der Waals surface area contributed by atoms with Crippen molar-refractivity contribution in [1.82, 2.24) is 10.6 Å². The summed E-state index contributed by atoms with van der Waals surface area (Å²) in [5.74, 6) is 0.378. The lowest BCUT2D eigenvalue weighted by Gasteiger charge is -2.10. The Morgan fingerprint density at radius 1 is 1.08 bits per heavy atom. The van der Waals surface area contributed by atoms with Crippen LogP contribution in [0, 0.1) is 0 Å². The summed E-state index contributed by atoms with van der Waals surface area (Å²) in [4.78, 5) is 24.0. The van der Waals surface area contributed by atoms with Crippen molar-refractivity contribution in [2.75, 3.05) is 20.2 Å². The molecule has 7 heteroatoms. The van der Waals surface area contributed by atoms with E-state index in [1.54, 1.807) is 37.4 Å². The number of hydrogen-bond acceptors (Lipinski definition) is 3. The zero-order valence-electron chi connectivity index (χ0n) is 14.4. The van der Waals surface area contributed by atoms with Crippen LogP contribution in [0.25, 0.3) is 0 Å². The third kappa shape index (κ3) is 6.35. The second-order valence-electron chi connectivity index (χ2n) is 5.60. The van der Waals surface area contributed by atoms with E-state index in [1.807, 2.05) is 12.1 Å². The van der Waals surface area contributed by atoms with Crippen molar-refractivity contribution in [3.05, 3.63) is 63.1 Å². The largest absolute Gasteiger partial charge is 0.496 e.